The summed E-state index contributed by atoms with van der Waals surface area (Å²) in [5.74, 6) is 0.117. The van der Waals surface area contributed by atoms with Crippen molar-refractivity contribution in [3.8, 4) is 0 Å². The van der Waals surface area contributed by atoms with E-state index in [1.165, 1.54) is 5.57 Å². The van der Waals surface area contributed by atoms with Crippen LogP contribution in [0.25, 0.3) is 0 Å². The molecular weight excluding hydrogens is 238 g/mol. The summed E-state index contributed by atoms with van der Waals surface area (Å²) in [7, 11) is 1.88. The summed E-state index contributed by atoms with van der Waals surface area (Å²) < 4.78 is 1.77. The van der Waals surface area contributed by atoms with Gasteiger partial charge in [-0.1, -0.05) is 11.6 Å². The van der Waals surface area contributed by atoms with Crippen LogP contribution < -0.4 is 0 Å². The molecule has 0 aromatic carbocycles. The third-order valence-corrected chi connectivity index (χ3v) is 4.59. The van der Waals surface area contributed by atoms with E-state index < -0.39 is 0 Å². The first-order valence-corrected chi connectivity index (χ1v) is 7.07. The molecule has 3 rings (SSSR count). The molecule has 2 unspecified atom stereocenters. The topological polar surface area (TPSA) is 38.1 Å². The summed E-state index contributed by atoms with van der Waals surface area (Å²) in [6.45, 7) is 4.08. The van der Waals surface area contributed by atoms with Crippen LogP contribution in [-0.4, -0.2) is 32.7 Å². The molecule has 3 heterocycles. The molecule has 0 saturated carbocycles. The molecule has 102 valence electrons. The average Bonchev–Trinajstić information content (AvgIpc) is 2.86. The van der Waals surface area contributed by atoms with Gasteiger partial charge >= 0.3 is 0 Å². The molecule has 0 aliphatic carbocycles. The summed E-state index contributed by atoms with van der Waals surface area (Å²) >= 11 is 0. The lowest BCUT2D eigenvalue weighted by Gasteiger charge is -2.35. The maximum Gasteiger partial charge on any atom is 0.274 e. The van der Waals surface area contributed by atoms with Gasteiger partial charge in [0.1, 0.15) is 0 Å². The van der Waals surface area contributed by atoms with Crippen LogP contribution in [0.15, 0.2) is 17.7 Å². The lowest BCUT2D eigenvalue weighted by molar-refractivity contribution is 0.0627. The number of carbonyl (C=O) groups excluding carboxylic acids is 1. The number of hydrogen-bond donors (Lipinski definition) is 0. The van der Waals surface area contributed by atoms with Crippen LogP contribution in [0.1, 0.15) is 48.8 Å². The number of piperidine rings is 1. The van der Waals surface area contributed by atoms with E-state index in [1.807, 2.05) is 20.0 Å². The SMILES string of the molecule is CC=C1CC2CCC(C1)N2C(=O)c1cc(C)n(C)n1. The van der Waals surface area contributed by atoms with Gasteiger partial charge in [-0.3, -0.25) is 9.48 Å². The molecule has 1 aromatic rings. The van der Waals surface area contributed by atoms with Crippen molar-refractivity contribution in [2.24, 2.45) is 7.05 Å². The highest BCUT2D eigenvalue weighted by molar-refractivity contribution is 5.93. The molecule has 1 aromatic heterocycles. The number of rotatable bonds is 1. The summed E-state index contributed by atoms with van der Waals surface area (Å²) in [5, 5.41) is 4.33. The zero-order valence-electron chi connectivity index (χ0n) is 11.9. The first kappa shape index (κ1) is 12.5. The van der Waals surface area contributed by atoms with Gasteiger partial charge in [-0.25, -0.2) is 0 Å². The number of nitrogens with zero attached hydrogens (tertiary/aromatic N) is 3. The van der Waals surface area contributed by atoms with Gasteiger partial charge in [-0.05, 0) is 45.6 Å². The predicted octanol–water partition coefficient (Wildman–Crippen LogP) is 2.44. The molecule has 2 aliphatic heterocycles. The van der Waals surface area contributed by atoms with E-state index in [2.05, 4.69) is 23.0 Å². The van der Waals surface area contributed by atoms with E-state index >= 15 is 0 Å². The van der Waals surface area contributed by atoms with E-state index in [9.17, 15) is 4.79 Å². The molecule has 0 radical (unpaired) electrons. The van der Waals surface area contributed by atoms with Gasteiger partial charge in [-0.15, -0.1) is 0 Å². The third kappa shape index (κ3) is 1.99. The molecule has 0 N–H and O–H groups in total. The molecule has 19 heavy (non-hydrogen) atoms. The van der Waals surface area contributed by atoms with Gasteiger partial charge in [0.15, 0.2) is 5.69 Å². The fraction of sp³-hybridized carbons (Fsp3) is 0.600. The summed E-state index contributed by atoms with van der Waals surface area (Å²) in [6, 6.07) is 2.67. The first-order chi connectivity index (χ1) is 9.10. The Morgan fingerprint density at radius 3 is 2.47 bits per heavy atom. The van der Waals surface area contributed by atoms with Crippen LogP contribution in [0.2, 0.25) is 0 Å². The van der Waals surface area contributed by atoms with Crippen molar-refractivity contribution in [2.45, 2.75) is 51.6 Å². The summed E-state index contributed by atoms with van der Waals surface area (Å²) in [5.41, 5.74) is 3.14. The quantitative estimate of drug-likeness (QED) is 0.727. The smallest absolute Gasteiger partial charge is 0.274 e. The Morgan fingerprint density at radius 1 is 1.37 bits per heavy atom. The Balaban J connectivity index is 1.85. The number of aryl methyl sites for hydroxylation is 2. The summed E-state index contributed by atoms with van der Waals surface area (Å²) in [4.78, 5) is 14.7. The molecule has 0 spiro atoms. The van der Waals surface area contributed by atoms with Gasteiger partial charge in [0.25, 0.3) is 5.91 Å². The zero-order chi connectivity index (χ0) is 13.6. The maximum atomic E-state index is 12.7. The number of hydrogen-bond acceptors (Lipinski definition) is 2. The molecule has 4 nitrogen and oxygen atoms in total. The van der Waals surface area contributed by atoms with Gasteiger partial charge in [0, 0.05) is 24.8 Å². The van der Waals surface area contributed by atoms with Crippen molar-refractivity contribution >= 4 is 5.91 Å². The van der Waals surface area contributed by atoms with E-state index in [0.29, 0.717) is 17.8 Å². The molecule has 4 heteroatoms. The second kappa shape index (κ2) is 4.51. The highest BCUT2D eigenvalue weighted by Crippen LogP contribution is 2.39. The fourth-order valence-corrected chi connectivity index (χ4v) is 3.42. The van der Waals surface area contributed by atoms with Crippen molar-refractivity contribution in [3.63, 3.8) is 0 Å². The minimum Gasteiger partial charge on any atom is -0.331 e. The van der Waals surface area contributed by atoms with E-state index in [0.717, 1.165) is 31.4 Å². The number of aromatic nitrogens is 2. The first-order valence-electron chi connectivity index (χ1n) is 7.07. The molecular formula is C15H21N3O. The maximum absolute atomic E-state index is 12.7. The van der Waals surface area contributed by atoms with Crippen LogP contribution in [0.5, 0.6) is 0 Å². The highest BCUT2D eigenvalue weighted by Gasteiger charge is 2.41. The van der Waals surface area contributed by atoms with Gasteiger partial charge in [0.2, 0.25) is 0 Å². The van der Waals surface area contributed by atoms with E-state index in [4.69, 9.17) is 0 Å². The molecule has 2 aliphatic rings. The molecule has 2 fully saturated rings. The van der Waals surface area contributed by atoms with Crippen LogP contribution >= 0.6 is 0 Å². The van der Waals surface area contributed by atoms with Gasteiger partial charge in [0.05, 0.1) is 0 Å². The second-order valence-corrected chi connectivity index (χ2v) is 5.75. The molecule has 2 atom stereocenters. The average molecular weight is 259 g/mol. The van der Waals surface area contributed by atoms with Gasteiger partial charge in [-0.2, -0.15) is 5.10 Å². The standard InChI is InChI=1S/C15H21N3O/c1-4-11-8-12-5-6-13(9-11)18(12)15(19)14-7-10(2)17(3)16-14/h4,7,12-13H,5-6,8-9H2,1-3H3. The number of amides is 1. The number of carbonyl (C=O) groups is 1. The zero-order valence-corrected chi connectivity index (χ0v) is 11.9. The fourth-order valence-electron chi connectivity index (χ4n) is 3.42. The Labute approximate surface area is 114 Å². The molecule has 2 bridgehead atoms. The second-order valence-electron chi connectivity index (χ2n) is 5.75. The van der Waals surface area contributed by atoms with Crippen LogP contribution in [0.4, 0.5) is 0 Å². The van der Waals surface area contributed by atoms with Crippen molar-refractivity contribution < 1.29 is 4.79 Å². The monoisotopic (exact) mass is 259 g/mol. The van der Waals surface area contributed by atoms with Crippen molar-refractivity contribution in [1.29, 1.82) is 0 Å². The van der Waals surface area contributed by atoms with E-state index in [1.54, 1.807) is 4.68 Å². The predicted molar refractivity (Wildman–Crippen MR) is 73.9 cm³/mol. The van der Waals surface area contributed by atoms with E-state index in [-0.39, 0.29) is 5.91 Å². The third-order valence-electron chi connectivity index (χ3n) is 4.59. The lowest BCUT2D eigenvalue weighted by Crippen LogP contribution is -2.44. The van der Waals surface area contributed by atoms with Crippen molar-refractivity contribution in [1.82, 2.24) is 14.7 Å². The lowest BCUT2D eigenvalue weighted by atomic mass is 9.96. The molecule has 1 amide bonds. The van der Waals surface area contributed by atoms with Crippen molar-refractivity contribution in [3.05, 3.63) is 29.1 Å². The minimum absolute atomic E-state index is 0.117. The highest BCUT2D eigenvalue weighted by atomic mass is 16.2. The van der Waals surface area contributed by atoms with Crippen LogP contribution in [-0.2, 0) is 7.05 Å². The van der Waals surface area contributed by atoms with Crippen molar-refractivity contribution in [2.75, 3.05) is 0 Å². The minimum atomic E-state index is 0.117. The number of fused-ring (bicyclic) bond motifs is 2. The number of allylic oxidation sites excluding steroid dienone is 1. The Bertz CT molecular complexity index is 508. The van der Waals surface area contributed by atoms with Gasteiger partial charge < -0.3 is 4.90 Å². The summed E-state index contributed by atoms with van der Waals surface area (Å²) in [6.07, 6.45) is 6.59. The van der Waals surface area contributed by atoms with Crippen LogP contribution in [0, 0.1) is 6.92 Å². The Kier molecular flexibility index (Phi) is 2.96. The Morgan fingerprint density at radius 2 is 2.00 bits per heavy atom. The Hall–Kier alpha value is -1.58. The molecule has 2 saturated heterocycles. The normalized spacial score (nSPS) is 25.8. The largest absolute Gasteiger partial charge is 0.331 e. The van der Waals surface area contributed by atoms with Crippen LogP contribution in [0.3, 0.4) is 0 Å².